The third kappa shape index (κ3) is 9.22. The first-order valence-corrected chi connectivity index (χ1v) is 19.3. The minimum atomic E-state index is -0.469. The van der Waals surface area contributed by atoms with Crippen LogP contribution in [0, 0.1) is 11.6 Å². The molecule has 2 unspecified atom stereocenters. The summed E-state index contributed by atoms with van der Waals surface area (Å²) in [6, 6.07) is 12.9. The van der Waals surface area contributed by atoms with Crippen molar-refractivity contribution in [3.8, 4) is 0 Å². The van der Waals surface area contributed by atoms with Gasteiger partial charge in [0.25, 0.3) is 5.91 Å². The Morgan fingerprint density at radius 3 is 2.48 bits per heavy atom. The van der Waals surface area contributed by atoms with Crippen LogP contribution in [0.5, 0.6) is 0 Å². The number of carbonyl (C=O) groups is 3. The zero-order valence-corrected chi connectivity index (χ0v) is 30.6. The molecule has 3 N–H and O–H groups in total. The first kappa shape index (κ1) is 37.4. The first-order chi connectivity index (χ1) is 26.3. The highest BCUT2D eigenvalue weighted by molar-refractivity contribution is 6.01. The van der Waals surface area contributed by atoms with Gasteiger partial charge in [0.1, 0.15) is 29.1 Å². The number of halogens is 2. The van der Waals surface area contributed by atoms with Crippen molar-refractivity contribution in [3.05, 3.63) is 89.2 Å². The Morgan fingerprint density at radius 1 is 0.889 bits per heavy atom. The minimum absolute atomic E-state index is 0.209. The molecule has 7 rings (SSSR count). The van der Waals surface area contributed by atoms with Gasteiger partial charge in [-0.05, 0) is 80.6 Å². The van der Waals surface area contributed by atoms with Crippen LogP contribution in [-0.2, 0) is 16.1 Å². The van der Waals surface area contributed by atoms with E-state index in [-0.39, 0.29) is 29.8 Å². The van der Waals surface area contributed by atoms with E-state index >= 15 is 0 Å². The summed E-state index contributed by atoms with van der Waals surface area (Å²) in [5.41, 5.74) is 3.27. The molecule has 12 nitrogen and oxygen atoms in total. The maximum Gasteiger partial charge on any atom is 0.256 e. The summed E-state index contributed by atoms with van der Waals surface area (Å²) in [4.78, 5) is 48.3. The molecule has 2 aromatic heterocycles. The molecule has 2 aromatic carbocycles. The Morgan fingerprint density at radius 2 is 1.67 bits per heavy atom. The lowest BCUT2D eigenvalue weighted by Crippen LogP contribution is -2.47. The molecule has 0 bridgehead atoms. The zero-order valence-electron chi connectivity index (χ0n) is 30.6. The number of nitrogens with zero attached hydrogens (tertiary/aromatic N) is 6. The molecule has 54 heavy (non-hydrogen) atoms. The van der Waals surface area contributed by atoms with Crippen molar-refractivity contribution in [1.82, 2.24) is 35.0 Å². The molecule has 0 saturated carbocycles. The topological polar surface area (TPSA) is 127 Å². The van der Waals surface area contributed by atoms with Crippen LogP contribution in [0.3, 0.4) is 0 Å². The van der Waals surface area contributed by atoms with Crippen LogP contribution in [0.15, 0.2) is 60.9 Å². The second-order valence-electron chi connectivity index (χ2n) is 14.6. The third-order valence-corrected chi connectivity index (χ3v) is 10.8. The summed E-state index contributed by atoms with van der Waals surface area (Å²) in [6.45, 7) is 7.42. The molecule has 0 aliphatic carbocycles. The molecule has 286 valence electrons. The number of unbranched alkanes of at least 4 members (excludes halogenated alkanes) is 4. The lowest BCUT2D eigenvalue weighted by molar-refractivity contribution is -0.133. The van der Waals surface area contributed by atoms with Crippen LogP contribution >= 0.6 is 0 Å². The summed E-state index contributed by atoms with van der Waals surface area (Å²) in [5, 5.41) is 13.0. The van der Waals surface area contributed by atoms with Gasteiger partial charge in [-0.3, -0.25) is 24.6 Å². The summed E-state index contributed by atoms with van der Waals surface area (Å²) in [5.74, 6) is -0.989. The molecular formula is C40H49F2N9O3. The van der Waals surface area contributed by atoms with Gasteiger partial charge in [0.2, 0.25) is 11.8 Å². The molecule has 14 heteroatoms. The second kappa shape index (κ2) is 17.5. The summed E-state index contributed by atoms with van der Waals surface area (Å²) >= 11 is 0. The Labute approximate surface area is 314 Å². The highest BCUT2D eigenvalue weighted by Crippen LogP contribution is 2.37. The lowest BCUT2D eigenvalue weighted by Gasteiger charge is -2.34. The number of fused-ring (bicyclic) bond motifs is 1. The number of aromatic nitrogens is 3. The zero-order chi connectivity index (χ0) is 37.4. The predicted octanol–water partition coefficient (Wildman–Crippen LogP) is 5.06. The van der Waals surface area contributed by atoms with Crippen molar-refractivity contribution >= 4 is 34.9 Å². The van der Waals surface area contributed by atoms with Crippen molar-refractivity contribution in [3.63, 3.8) is 0 Å². The number of carbonyl (C=O) groups excluding carboxylic acids is 3. The largest absolute Gasteiger partial charge is 0.374 e. The monoisotopic (exact) mass is 741 g/mol. The predicted molar refractivity (Wildman–Crippen MR) is 202 cm³/mol. The van der Waals surface area contributed by atoms with E-state index in [2.05, 4.69) is 43.0 Å². The van der Waals surface area contributed by atoms with E-state index in [0.717, 1.165) is 89.5 Å². The van der Waals surface area contributed by atoms with Gasteiger partial charge in [0.15, 0.2) is 5.65 Å². The van der Waals surface area contributed by atoms with Crippen molar-refractivity contribution in [2.24, 2.45) is 0 Å². The molecule has 0 spiro atoms. The van der Waals surface area contributed by atoms with Crippen LogP contribution in [0.2, 0.25) is 0 Å². The SMILES string of the molecule is O=C1CCC(Nc2ccc(CN3CCN(CCCCCCCNC(=O)c4cnn5ccc(N6CCCC6c6cc(F)ccc6F)nc45)CC3)cc2)C(=O)N1. The maximum atomic E-state index is 14.6. The van der Waals surface area contributed by atoms with Crippen molar-refractivity contribution in [2.45, 2.75) is 76.4 Å². The van der Waals surface area contributed by atoms with Crippen LogP contribution in [-0.4, -0.2) is 94.0 Å². The number of piperazine rings is 1. The fourth-order valence-corrected chi connectivity index (χ4v) is 7.77. The average Bonchev–Trinajstić information content (AvgIpc) is 3.84. The molecule has 3 fully saturated rings. The Kier molecular flexibility index (Phi) is 12.1. The minimum Gasteiger partial charge on any atom is -0.374 e. The number of amides is 3. The van der Waals surface area contributed by atoms with Gasteiger partial charge in [0, 0.05) is 69.7 Å². The quantitative estimate of drug-likeness (QED) is 0.113. The molecule has 4 aromatic rings. The molecule has 0 radical (unpaired) electrons. The number of anilines is 2. The fourth-order valence-electron chi connectivity index (χ4n) is 7.77. The molecule has 2 atom stereocenters. The van der Waals surface area contributed by atoms with Gasteiger partial charge >= 0.3 is 0 Å². The summed E-state index contributed by atoms with van der Waals surface area (Å²) < 4.78 is 30.2. The van der Waals surface area contributed by atoms with Gasteiger partial charge in [-0.2, -0.15) is 5.10 Å². The van der Waals surface area contributed by atoms with Gasteiger partial charge in [-0.25, -0.2) is 18.3 Å². The van der Waals surface area contributed by atoms with E-state index < -0.39 is 11.6 Å². The van der Waals surface area contributed by atoms with Crippen molar-refractivity contribution in [2.75, 3.05) is 56.0 Å². The molecular weight excluding hydrogens is 692 g/mol. The Bertz CT molecular complexity index is 1930. The molecule has 3 amide bonds. The van der Waals surface area contributed by atoms with Crippen LogP contribution in [0.25, 0.3) is 5.65 Å². The van der Waals surface area contributed by atoms with E-state index in [9.17, 15) is 23.2 Å². The second-order valence-corrected chi connectivity index (χ2v) is 14.6. The summed E-state index contributed by atoms with van der Waals surface area (Å²) in [6.07, 6.45) is 11.0. The third-order valence-electron chi connectivity index (χ3n) is 10.8. The fraction of sp³-hybridized carbons (Fsp3) is 0.475. The maximum absolute atomic E-state index is 14.6. The Hall–Kier alpha value is -4.95. The van der Waals surface area contributed by atoms with E-state index in [1.807, 2.05) is 17.0 Å². The number of imide groups is 1. The lowest BCUT2D eigenvalue weighted by atomic mass is 10.0. The molecule has 3 aliphatic rings. The smallest absolute Gasteiger partial charge is 0.256 e. The van der Waals surface area contributed by atoms with E-state index in [1.54, 1.807) is 16.8 Å². The number of benzene rings is 2. The van der Waals surface area contributed by atoms with E-state index in [0.29, 0.717) is 54.9 Å². The van der Waals surface area contributed by atoms with Gasteiger partial charge < -0.3 is 20.4 Å². The van der Waals surface area contributed by atoms with Crippen LogP contribution in [0.4, 0.5) is 20.3 Å². The van der Waals surface area contributed by atoms with Crippen LogP contribution in [0.1, 0.15) is 85.3 Å². The summed E-state index contributed by atoms with van der Waals surface area (Å²) in [7, 11) is 0. The molecule has 3 saturated heterocycles. The standard InChI is InChI=1S/C40H49F2N9O3/c41-29-10-13-33(42)31(25-29)35-7-6-19-50(35)36-16-20-51-38(46-36)32(26-44-51)39(53)43-17-4-2-1-3-5-18-48-21-23-49(24-22-48)27-28-8-11-30(12-9-28)45-34-14-15-37(52)47-40(34)54/h8-13,16,20,25-26,34-35,45H,1-7,14-15,17-19,21-24,27H2,(H,43,53)(H,47,52,54). The highest BCUT2D eigenvalue weighted by Gasteiger charge is 2.30. The van der Waals surface area contributed by atoms with Crippen molar-refractivity contribution in [1.29, 1.82) is 0 Å². The van der Waals surface area contributed by atoms with Gasteiger partial charge in [0.05, 0.1) is 12.2 Å². The number of rotatable bonds is 15. The van der Waals surface area contributed by atoms with Gasteiger partial charge in [-0.1, -0.05) is 31.4 Å². The number of hydrogen-bond donors (Lipinski definition) is 3. The van der Waals surface area contributed by atoms with E-state index in [4.69, 9.17) is 4.98 Å². The average molecular weight is 742 g/mol. The van der Waals surface area contributed by atoms with Crippen molar-refractivity contribution < 1.29 is 23.2 Å². The first-order valence-electron chi connectivity index (χ1n) is 19.3. The number of nitrogens with one attached hydrogen (secondary N) is 3. The highest BCUT2D eigenvalue weighted by atomic mass is 19.1. The molecule has 3 aliphatic heterocycles. The normalized spacial score (nSPS) is 19.7. The molecule has 5 heterocycles. The van der Waals surface area contributed by atoms with Gasteiger partial charge in [-0.15, -0.1) is 0 Å². The number of hydrogen-bond acceptors (Lipinski definition) is 9. The van der Waals surface area contributed by atoms with Crippen LogP contribution < -0.4 is 20.9 Å². The Balaban J connectivity index is 0.770. The van der Waals surface area contributed by atoms with E-state index in [1.165, 1.54) is 23.9 Å². The number of piperidine rings is 1.